The Bertz CT molecular complexity index is 1000. The van der Waals surface area contributed by atoms with Crippen molar-refractivity contribution in [1.29, 1.82) is 0 Å². The van der Waals surface area contributed by atoms with Crippen molar-refractivity contribution in [3.63, 3.8) is 0 Å². The fourth-order valence-corrected chi connectivity index (χ4v) is 2.84. The van der Waals surface area contributed by atoms with Gasteiger partial charge in [0.1, 0.15) is 12.3 Å². The Labute approximate surface area is 181 Å². The molecule has 0 aliphatic heterocycles. The van der Waals surface area contributed by atoms with E-state index in [1.54, 1.807) is 61.8 Å². The molecule has 1 aromatic carbocycles. The van der Waals surface area contributed by atoms with Crippen LogP contribution in [0.15, 0.2) is 63.8 Å². The van der Waals surface area contributed by atoms with Crippen LogP contribution in [0.4, 0.5) is 11.4 Å². The number of rotatable bonds is 9. The molecule has 0 spiro atoms. The molecule has 2 heterocycles. The summed E-state index contributed by atoms with van der Waals surface area (Å²) in [6, 6.07) is 13.6. The van der Waals surface area contributed by atoms with Crippen molar-refractivity contribution >= 4 is 39.1 Å². The highest BCUT2D eigenvalue weighted by Crippen LogP contribution is 2.21. The maximum Gasteiger partial charge on any atom is 0.291 e. The summed E-state index contributed by atoms with van der Waals surface area (Å²) in [5.41, 5.74) is 1.88. The Morgan fingerprint density at radius 3 is 2.57 bits per heavy atom. The van der Waals surface area contributed by atoms with Crippen molar-refractivity contribution in [2.45, 2.75) is 6.42 Å². The van der Waals surface area contributed by atoms with Gasteiger partial charge >= 0.3 is 0 Å². The van der Waals surface area contributed by atoms with Gasteiger partial charge in [0.2, 0.25) is 11.8 Å². The summed E-state index contributed by atoms with van der Waals surface area (Å²) in [5, 5.41) is 5.54. The van der Waals surface area contributed by atoms with E-state index in [4.69, 9.17) is 13.9 Å². The largest absolute Gasteiger partial charge is 0.474 e. The molecule has 2 aromatic heterocycles. The van der Waals surface area contributed by atoms with Crippen molar-refractivity contribution in [2.24, 2.45) is 0 Å². The summed E-state index contributed by atoms with van der Waals surface area (Å²) in [6.45, 7) is 0.753. The molecule has 0 aliphatic rings. The lowest BCUT2D eigenvalue weighted by Crippen LogP contribution is -2.16. The molecule has 0 radical (unpaired) electrons. The van der Waals surface area contributed by atoms with Gasteiger partial charge in [0.25, 0.3) is 5.91 Å². The van der Waals surface area contributed by atoms with Crippen molar-refractivity contribution in [3.8, 4) is 5.88 Å². The minimum atomic E-state index is -0.358. The molecule has 30 heavy (non-hydrogen) atoms. The molecule has 3 aromatic rings. The number of methoxy groups -OCH3 is 1. The van der Waals surface area contributed by atoms with Gasteiger partial charge in [0.15, 0.2) is 10.4 Å². The van der Waals surface area contributed by atoms with Gasteiger partial charge in [-0.05, 0) is 57.9 Å². The molecule has 8 nitrogen and oxygen atoms in total. The van der Waals surface area contributed by atoms with Crippen LogP contribution in [0.2, 0.25) is 0 Å². The van der Waals surface area contributed by atoms with Crippen LogP contribution in [-0.4, -0.2) is 37.1 Å². The van der Waals surface area contributed by atoms with Gasteiger partial charge in [-0.25, -0.2) is 4.98 Å². The summed E-state index contributed by atoms with van der Waals surface area (Å²) in [7, 11) is 1.58. The van der Waals surface area contributed by atoms with E-state index in [1.165, 1.54) is 0 Å². The zero-order chi connectivity index (χ0) is 21.3. The number of amides is 2. The molecule has 3 rings (SSSR count). The van der Waals surface area contributed by atoms with Gasteiger partial charge < -0.3 is 24.5 Å². The van der Waals surface area contributed by atoms with Crippen molar-refractivity contribution < 1.29 is 23.5 Å². The summed E-state index contributed by atoms with van der Waals surface area (Å²) in [5.74, 6) is -0.0311. The number of aromatic nitrogens is 1. The zero-order valence-corrected chi connectivity index (χ0v) is 17.8. The zero-order valence-electron chi connectivity index (χ0n) is 16.2. The molecule has 0 bridgehead atoms. The van der Waals surface area contributed by atoms with Crippen LogP contribution in [0.5, 0.6) is 5.88 Å². The first-order valence-corrected chi connectivity index (χ1v) is 9.86. The number of pyridine rings is 1. The molecule has 0 saturated heterocycles. The van der Waals surface area contributed by atoms with Crippen LogP contribution < -0.4 is 15.4 Å². The number of nitrogens with one attached hydrogen (secondary N) is 2. The third-order valence-corrected chi connectivity index (χ3v) is 4.37. The van der Waals surface area contributed by atoms with Gasteiger partial charge in [-0.1, -0.05) is 12.1 Å². The summed E-state index contributed by atoms with van der Waals surface area (Å²) >= 11 is 3.16. The van der Waals surface area contributed by atoms with E-state index in [0.717, 1.165) is 5.56 Å². The lowest BCUT2D eigenvalue weighted by atomic mass is 10.1. The normalized spacial score (nSPS) is 10.5. The van der Waals surface area contributed by atoms with Gasteiger partial charge in [0, 0.05) is 19.0 Å². The topological polar surface area (TPSA) is 103 Å². The molecular formula is C21H20BrN3O5. The van der Waals surface area contributed by atoms with E-state index in [0.29, 0.717) is 35.1 Å². The Hall–Kier alpha value is -3.17. The molecule has 9 heteroatoms. The third kappa shape index (κ3) is 6.16. The van der Waals surface area contributed by atoms with Crippen LogP contribution in [0.3, 0.4) is 0 Å². The summed E-state index contributed by atoms with van der Waals surface area (Å²) in [6.07, 6.45) is 1.75. The van der Waals surface area contributed by atoms with Gasteiger partial charge in [-0.15, -0.1) is 0 Å². The maximum atomic E-state index is 12.4. The molecule has 0 unspecified atom stereocenters. The Kier molecular flexibility index (Phi) is 7.58. The predicted molar refractivity (Wildman–Crippen MR) is 115 cm³/mol. The lowest BCUT2D eigenvalue weighted by molar-refractivity contribution is -0.115. The number of anilines is 2. The predicted octanol–water partition coefficient (Wildman–Crippen LogP) is 3.90. The number of benzene rings is 1. The molecule has 156 valence electrons. The number of halogens is 1. The van der Waals surface area contributed by atoms with Crippen LogP contribution in [0.1, 0.15) is 16.1 Å². The molecule has 0 atom stereocenters. The Morgan fingerprint density at radius 1 is 1.07 bits per heavy atom. The van der Waals surface area contributed by atoms with E-state index >= 15 is 0 Å². The second-order valence-corrected chi connectivity index (χ2v) is 6.96. The number of carbonyl (C=O) groups is 2. The fraction of sp³-hybridized carbons (Fsp3) is 0.190. The van der Waals surface area contributed by atoms with Gasteiger partial charge in [0.05, 0.1) is 13.0 Å². The number of hydrogen-bond donors (Lipinski definition) is 2. The van der Waals surface area contributed by atoms with E-state index in [9.17, 15) is 9.59 Å². The first-order valence-electron chi connectivity index (χ1n) is 9.07. The van der Waals surface area contributed by atoms with Gasteiger partial charge in [-0.2, -0.15) is 0 Å². The van der Waals surface area contributed by atoms with E-state index < -0.39 is 0 Å². The van der Waals surface area contributed by atoms with E-state index in [1.807, 2.05) is 0 Å². The van der Waals surface area contributed by atoms with Crippen LogP contribution >= 0.6 is 15.9 Å². The fourth-order valence-electron chi connectivity index (χ4n) is 2.54. The Morgan fingerprint density at radius 2 is 1.87 bits per heavy atom. The van der Waals surface area contributed by atoms with Crippen LogP contribution in [-0.2, 0) is 16.0 Å². The summed E-state index contributed by atoms with van der Waals surface area (Å²) in [4.78, 5) is 28.6. The second-order valence-electron chi connectivity index (χ2n) is 6.18. The Balaban J connectivity index is 1.55. The number of nitrogens with zero attached hydrogens (tertiary/aromatic N) is 1. The molecular weight excluding hydrogens is 454 g/mol. The van der Waals surface area contributed by atoms with Gasteiger partial charge in [-0.3, -0.25) is 9.59 Å². The minimum absolute atomic E-state index is 0.158. The maximum absolute atomic E-state index is 12.4. The standard InChI is InChI=1S/C21H20BrN3O5/c1-28-11-12-29-21-16(3-2-10-23-21)25-19(26)13-14-4-6-15(7-5-14)24-20(27)17-8-9-18(22)30-17/h2-10H,11-13H2,1H3,(H,24,27)(H,25,26). The quantitative estimate of drug-likeness (QED) is 0.456. The average molecular weight is 474 g/mol. The minimum Gasteiger partial charge on any atom is -0.474 e. The summed E-state index contributed by atoms with van der Waals surface area (Å²) < 4.78 is 16.2. The van der Waals surface area contributed by atoms with Crippen molar-refractivity contribution in [3.05, 3.63) is 70.7 Å². The van der Waals surface area contributed by atoms with Crippen molar-refractivity contribution in [1.82, 2.24) is 4.98 Å². The molecule has 2 N–H and O–H groups in total. The SMILES string of the molecule is COCCOc1ncccc1NC(=O)Cc1ccc(NC(=O)c2ccc(Br)o2)cc1. The average Bonchev–Trinajstić information content (AvgIpc) is 3.17. The lowest BCUT2D eigenvalue weighted by Gasteiger charge is -2.11. The van der Waals surface area contributed by atoms with E-state index in [2.05, 4.69) is 31.5 Å². The molecule has 0 saturated carbocycles. The number of carbonyl (C=O) groups excluding carboxylic acids is 2. The third-order valence-electron chi connectivity index (χ3n) is 3.94. The molecule has 2 amide bonds. The highest BCUT2D eigenvalue weighted by Gasteiger charge is 2.12. The second kappa shape index (κ2) is 10.6. The molecule has 0 fully saturated rings. The van der Waals surface area contributed by atoms with Crippen molar-refractivity contribution in [2.75, 3.05) is 31.0 Å². The first kappa shape index (κ1) is 21.5. The highest BCUT2D eigenvalue weighted by molar-refractivity contribution is 9.10. The smallest absolute Gasteiger partial charge is 0.291 e. The monoisotopic (exact) mass is 473 g/mol. The number of ether oxygens (including phenoxy) is 2. The number of furan rings is 1. The van der Waals surface area contributed by atoms with Crippen LogP contribution in [0, 0.1) is 0 Å². The van der Waals surface area contributed by atoms with Crippen LogP contribution in [0.25, 0.3) is 0 Å². The first-order chi connectivity index (χ1) is 14.5. The molecule has 0 aliphatic carbocycles. The number of hydrogen-bond acceptors (Lipinski definition) is 6. The van der Waals surface area contributed by atoms with E-state index in [-0.39, 0.29) is 24.0 Å². The highest BCUT2D eigenvalue weighted by atomic mass is 79.9.